The fourth-order valence-electron chi connectivity index (χ4n) is 12.0. The van der Waals surface area contributed by atoms with Crippen LogP contribution in [0.1, 0.15) is 87.8 Å². The summed E-state index contributed by atoms with van der Waals surface area (Å²) >= 11 is 0. The lowest BCUT2D eigenvalue weighted by Gasteiger charge is -2.44. The Morgan fingerprint density at radius 1 is 0.625 bits per heavy atom. The number of para-hydroxylation sites is 1. The molecule has 2 heterocycles. The molecule has 10 rings (SSSR count). The van der Waals surface area contributed by atoms with Gasteiger partial charge in [0.15, 0.2) is 0 Å². The second-order valence-electron chi connectivity index (χ2n) is 21.5. The molecule has 1 unspecified atom stereocenters. The average molecular weight is 942 g/mol. The van der Waals surface area contributed by atoms with Crippen LogP contribution in [0.3, 0.4) is 0 Å². The molecule has 0 amide bonds. The molecule has 0 N–H and O–H groups in total. The summed E-state index contributed by atoms with van der Waals surface area (Å²) in [5, 5.41) is 5.27. The number of aryl methyl sites for hydroxylation is 2. The maximum Gasteiger partial charge on any atom is 0.0651 e. The minimum absolute atomic E-state index is 0.180. The van der Waals surface area contributed by atoms with Gasteiger partial charge in [0.25, 0.3) is 0 Å². The van der Waals surface area contributed by atoms with Crippen molar-refractivity contribution >= 4 is 38.6 Å². The fourth-order valence-corrected chi connectivity index (χ4v) is 12.0. The van der Waals surface area contributed by atoms with Crippen LogP contribution in [-0.4, -0.2) is 18.6 Å². The van der Waals surface area contributed by atoms with Gasteiger partial charge in [-0.3, -0.25) is 0 Å². The molecule has 0 aromatic heterocycles. The van der Waals surface area contributed by atoms with Crippen molar-refractivity contribution in [2.45, 2.75) is 97.4 Å². The number of rotatable bonds is 14. The van der Waals surface area contributed by atoms with Crippen LogP contribution >= 0.6 is 0 Å². The summed E-state index contributed by atoms with van der Waals surface area (Å²) in [6, 6.07) is 56.1. The van der Waals surface area contributed by atoms with Crippen LogP contribution < -0.4 is 14.7 Å². The standard InChI is InChI=1S/C69H71N3/c1-10-11-13-22-51(4)72(58-29-14-12-15-30-58)66-56(37-40-65-67(5,6)61-47-49(2)33-38-63(61)70(65)45-42-54-27-20-25-52-23-16-18-31-59(52)54)35-36-57(66)41-44-69(9)68(7,8)62-48-50(3)34-39-64(62)71(69)46-43-55-28-21-26-53-24-17-19-32-60(53)55/h10-34,37-41,44,47-48H,4,35-36,42-43,45-46H2,1-3,5-9H3/b11-10-,22-13-,44-41+,56-37+,65-40+. The van der Waals surface area contributed by atoms with Crippen LogP contribution in [0.5, 0.6) is 0 Å². The van der Waals surface area contributed by atoms with E-state index < -0.39 is 0 Å². The molecule has 3 nitrogen and oxygen atoms in total. The minimum Gasteiger partial charge on any atom is -0.361 e. The van der Waals surface area contributed by atoms with Crippen LogP contribution in [0.4, 0.5) is 17.1 Å². The summed E-state index contributed by atoms with van der Waals surface area (Å²) in [6.45, 7) is 25.3. The highest BCUT2D eigenvalue weighted by atomic mass is 15.2. The zero-order valence-electron chi connectivity index (χ0n) is 43.8. The van der Waals surface area contributed by atoms with Gasteiger partial charge < -0.3 is 14.7 Å². The molecule has 3 heteroatoms. The number of hydrogen-bond donors (Lipinski definition) is 0. The number of benzene rings is 7. The zero-order chi connectivity index (χ0) is 50.2. The number of hydrogen-bond acceptors (Lipinski definition) is 3. The molecule has 0 radical (unpaired) electrons. The SMILES string of the molecule is C=C(/C=C\C=C/C)N(C1=C(/C=C/C2(C)N(CCc3cccc4ccccc34)c3ccc(C)cc3C2(C)C)CC/C1=C\C=C1\N(CCc2cccc3ccccc23)c2ccc(C)cc2C1(C)C)c1ccccc1. The Kier molecular flexibility index (Phi) is 13.2. The highest BCUT2D eigenvalue weighted by molar-refractivity contribution is 5.87. The van der Waals surface area contributed by atoms with E-state index in [1.54, 1.807) is 0 Å². The van der Waals surface area contributed by atoms with Gasteiger partial charge in [0.2, 0.25) is 0 Å². The van der Waals surface area contributed by atoms with E-state index in [4.69, 9.17) is 6.58 Å². The first kappa shape index (κ1) is 48.3. The smallest absolute Gasteiger partial charge is 0.0651 e. The Labute approximate surface area is 430 Å². The van der Waals surface area contributed by atoms with Crippen molar-refractivity contribution < 1.29 is 0 Å². The summed E-state index contributed by atoms with van der Waals surface area (Å²) in [4.78, 5) is 7.72. The number of allylic oxidation sites excluding steroid dienone is 10. The van der Waals surface area contributed by atoms with E-state index in [0.29, 0.717) is 0 Å². The van der Waals surface area contributed by atoms with Gasteiger partial charge >= 0.3 is 0 Å². The van der Waals surface area contributed by atoms with E-state index in [0.717, 1.165) is 50.2 Å². The van der Waals surface area contributed by atoms with E-state index in [1.807, 2.05) is 0 Å². The van der Waals surface area contributed by atoms with Crippen molar-refractivity contribution in [1.82, 2.24) is 0 Å². The second kappa shape index (κ2) is 19.7. The quantitative estimate of drug-likeness (QED) is 0.101. The molecule has 7 aromatic rings. The summed E-state index contributed by atoms with van der Waals surface area (Å²) < 4.78 is 0. The highest BCUT2D eigenvalue weighted by Gasteiger charge is 2.52. The predicted octanol–water partition coefficient (Wildman–Crippen LogP) is 17.3. The molecule has 0 fully saturated rings. The molecule has 0 saturated carbocycles. The van der Waals surface area contributed by atoms with Gasteiger partial charge in [-0.25, -0.2) is 0 Å². The van der Waals surface area contributed by atoms with Crippen molar-refractivity contribution in [3.8, 4) is 0 Å². The molecule has 1 atom stereocenters. The first-order chi connectivity index (χ1) is 34.8. The Hall–Kier alpha value is -7.36. The van der Waals surface area contributed by atoms with Crippen LogP contribution in [-0.2, 0) is 23.7 Å². The van der Waals surface area contributed by atoms with E-state index in [1.165, 1.54) is 88.8 Å². The molecule has 1 aliphatic carbocycles. The minimum atomic E-state index is -0.330. The second-order valence-corrected chi connectivity index (χ2v) is 21.5. The van der Waals surface area contributed by atoms with E-state index in [2.05, 4.69) is 270 Å². The lowest BCUT2D eigenvalue weighted by Crippen LogP contribution is -2.52. The van der Waals surface area contributed by atoms with Crippen molar-refractivity contribution in [3.05, 3.63) is 268 Å². The van der Waals surface area contributed by atoms with Gasteiger partial charge in [0.05, 0.1) is 11.2 Å². The van der Waals surface area contributed by atoms with E-state index in [9.17, 15) is 0 Å². The average Bonchev–Trinajstić information content (AvgIpc) is 3.93. The molecule has 0 spiro atoms. The van der Waals surface area contributed by atoms with Gasteiger partial charge in [-0.1, -0.05) is 209 Å². The van der Waals surface area contributed by atoms with Gasteiger partial charge in [0.1, 0.15) is 0 Å². The zero-order valence-corrected chi connectivity index (χ0v) is 43.8. The first-order valence-corrected chi connectivity index (χ1v) is 26.2. The van der Waals surface area contributed by atoms with Gasteiger partial charge in [0, 0.05) is 52.4 Å². The van der Waals surface area contributed by atoms with Crippen LogP contribution in [0.2, 0.25) is 0 Å². The molecular formula is C69H71N3. The molecular weight excluding hydrogens is 871 g/mol. The van der Waals surface area contributed by atoms with E-state index in [-0.39, 0.29) is 16.4 Å². The Bertz CT molecular complexity index is 3380. The first-order valence-electron chi connectivity index (χ1n) is 26.2. The van der Waals surface area contributed by atoms with E-state index >= 15 is 0 Å². The summed E-state index contributed by atoms with van der Waals surface area (Å²) in [7, 11) is 0. The molecule has 3 aliphatic rings. The normalized spacial score (nSPS) is 19.3. The summed E-state index contributed by atoms with van der Waals surface area (Å²) in [6.07, 6.45) is 22.1. The molecule has 0 saturated heterocycles. The van der Waals surface area contributed by atoms with Crippen molar-refractivity contribution in [2.75, 3.05) is 27.8 Å². The Morgan fingerprint density at radius 2 is 1.22 bits per heavy atom. The molecule has 2 aliphatic heterocycles. The van der Waals surface area contributed by atoms with Crippen molar-refractivity contribution in [2.24, 2.45) is 0 Å². The third-order valence-electron chi connectivity index (χ3n) is 16.4. The molecule has 0 bridgehead atoms. The third-order valence-corrected chi connectivity index (χ3v) is 16.4. The number of fused-ring (bicyclic) bond motifs is 4. The summed E-state index contributed by atoms with van der Waals surface area (Å²) in [5.41, 5.74) is 17.3. The van der Waals surface area contributed by atoms with Crippen molar-refractivity contribution in [1.29, 1.82) is 0 Å². The third kappa shape index (κ3) is 8.78. The number of anilines is 3. The van der Waals surface area contributed by atoms with Crippen LogP contribution in [0.15, 0.2) is 235 Å². The van der Waals surface area contributed by atoms with Crippen molar-refractivity contribution in [3.63, 3.8) is 0 Å². The summed E-state index contributed by atoms with van der Waals surface area (Å²) in [5.74, 6) is 0. The lowest BCUT2D eigenvalue weighted by molar-refractivity contribution is 0.350. The highest BCUT2D eigenvalue weighted by Crippen LogP contribution is 2.54. The topological polar surface area (TPSA) is 9.72 Å². The molecule has 72 heavy (non-hydrogen) atoms. The number of nitrogens with zero attached hydrogens (tertiary/aromatic N) is 3. The maximum atomic E-state index is 4.78. The molecule has 362 valence electrons. The Morgan fingerprint density at radius 3 is 1.89 bits per heavy atom. The van der Waals surface area contributed by atoms with Crippen LogP contribution in [0, 0.1) is 13.8 Å². The van der Waals surface area contributed by atoms with Gasteiger partial charge in [-0.15, -0.1) is 0 Å². The predicted molar refractivity (Wildman–Crippen MR) is 310 cm³/mol. The maximum absolute atomic E-state index is 4.78. The monoisotopic (exact) mass is 942 g/mol. The largest absolute Gasteiger partial charge is 0.361 e. The fraction of sp³-hybridized carbons (Fsp3) is 0.246. The van der Waals surface area contributed by atoms with Gasteiger partial charge in [-0.05, 0) is 145 Å². The van der Waals surface area contributed by atoms with Crippen LogP contribution in [0.25, 0.3) is 21.5 Å². The van der Waals surface area contributed by atoms with Gasteiger partial charge in [-0.2, -0.15) is 0 Å². The Balaban J connectivity index is 1.09. The molecule has 7 aromatic carbocycles. The lowest BCUT2D eigenvalue weighted by atomic mass is 9.70.